The zero-order valence-electron chi connectivity index (χ0n) is 12.9. The maximum atomic E-state index is 13.1. The highest BCUT2D eigenvalue weighted by Crippen LogP contribution is 2.33. The summed E-state index contributed by atoms with van der Waals surface area (Å²) in [6.45, 7) is 0.898. The molecule has 0 atom stereocenters. The Labute approximate surface area is 145 Å². The molecule has 1 aliphatic rings. The van der Waals surface area contributed by atoms with E-state index >= 15 is 0 Å². The van der Waals surface area contributed by atoms with Crippen LogP contribution in [0.2, 0.25) is 0 Å². The minimum Gasteiger partial charge on any atom is -0.231 e. The molecule has 2 heterocycles. The number of hydrogen-bond acceptors (Lipinski definition) is 4. The third-order valence-electron chi connectivity index (χ3n) is 4.25. The Hall–Kier alpha value is -2.02. The van der Waals surface area contributed by atoms with Gasteiger partial charge in [-0.15, -0.1) is 11.3 Å². The summed E-state index contributed by atoms with van der Waals surface area (Å²) in [5.41, 5.74) is 4.79. The number of sulfonamides is 1. The fraction of sp³-hybridized carbons (Fsp3) is 0.167. The quantitative estimate of drug-likeness (QED) is 0.721. The Bertz CT molecular complexity index is 965. The highest BCUT2D eigenvalue weighted by Gasteiger charge is 2.32. The maximum absolute atomic E-state index is 13.1. The molecule has 4 nitrogen and oxygen atoms in total. The first-order valence-corrected chi connectivity index (χ1v) is 10.0. The van der Waals surface area contributed by atoms with Gasteiger partial charge in [0.15, 0.2) is 5.03 Å². The number of thiazole rings is 1. The standard InChI is InChI=1S/C18H16N2O2S2/c21-24(22,20-11-10-14-6-4-5-9-16(14)12-20)18-17(23-13-19-18)15-7-2-1-3-8-15/h1-9,13H,10-12H2. The SMILES string of the molecule is O=S(=O)(c1ncsc1-c1ccccc1)N1CCc2ccccc2C1. The average Bonchev–Trinajstić information content (AvgIpc) is 3.13. The molecule has 0 saturated heterocycles. The van der Waals surface area contributed by atoms with Gasteiger partial charge in [-0.1, -0.05) is 54.6 Å². The van der Waals surface area contributed by atoms with E-state index in [2.05, 4.69) is 11.1 Å². The maximum Gasteiger partial charge on any atom is 0.262 e. The molecule has 0 spiro atoms. The summed E-state index contributed by atoms with van der Waals surface area (Å²) in [6.07, 6.45) is 0.736. The van der Waals surface area contributed by atoms with Gasteiger partial charge in [0.25, 0.3) is 10.0 Å². The van der Waals surface area contributed by atoms with Gasteiger partial charge in [0.2, 0.25) is 0 Å². The molecule has 0 fully saturated rings. The summed E-state index contributed by atoms with van der Waals surface area (Å²) in [4.78, 5) is 4.89. The Morgan fingerprint density at radius 2 is 1.67 bits per heavy atom. The number of hydrogen-bond donors (Lipinski definition) is 0. The molecule has 0 saturated carbocycles. The molecule has 4 rings (SSSR count). The molecule has 0 amide bonds. The lowest BCUT2D eigenvalue weighted by Crippen LogP contribution is -2.36. The number of nitrogens with zero attached hydrogens (tertiary/aromatic N) is 2. The third-order valence-corrected chi connectivity index (χ3v) is 7.05. The van der Waals surface area contributed by atoms with Gasteiger partial charge < -0.3 is 0 Å². The van der Waals surface area contributed by atoms with E-state index in [0.717, 1.165) is 17.5 Å². The zero-order chi connectivity index (χ0) is 16.6. The summed E-state index contributed by atoms with van der Waals surface area (Å²) >= 11 is 1.36. The topological polar surface area (TPSA) is 50.3 Å². The van der Waals surface area contributed by atoms with Crippen LogP contribution in [0, 0.1) is 0 Å². The summed E-state index contributed by atoms with van der Waals surface area (Å²) < 4.78 is 27.8. The van der Waals surface area contributed by atoms with Crippen LogP contribution >= 0.6 is 11.3 Å². The Morgan fingerprint density at radius 3 is 2.46 bits per heavy atom. The van der Waals surface area contributed by atoms with Gasteiger partial charge in [0.1, 0.15) is 0 Å². The van der Waals surface area contributed by atoms with Gasteiger partial charge in [0, 0.05) is 13.1 Å². The van der Waals surface area contributed by atoms with Crippen LogP contribution in [-0.2, 0) is 23.0 Å². The predicted octanol–water partition coefficient (Wildman–Crippen LogP) is 3.56. The van der Waals surface area contributed by atoms with E-state index < -0.39 is 10.0 Å². The van der Waals surface area contributed by atoms with E-state index in [1.807, 2.05) is 48.5 Å². The predicted molar refractivity (Wildman–Crippen MR) is 95.3 cm³/mol. The molecule has 24 heavy (non-hydrogen) atoms. The van der Waals surface area contributed by atoms with E-state index in [4.69, 9.17) is 0 Å². The summed E-state index contributed by atoms with van der Waals surface area (Å²) in [5.74, 6) is 0. The molecule has 0 aliphatic carbocycles. The molecule has 3 aromatic rings. The van der Waals surface area contributed by atoms with Crippen molar-refractivity contribution in [1.82, 2.24) is 9.29 Å². The lowest BCUT2D eigenvalue weighted by atomic mass is 10.0. The first-order valence-electron chi connectivity index (χ1n) is 7.72. The summed E-state index contributed by atoms with van der Waals surface area (Å²) in [7, 11) is -3.61. The van der Waals surface area contributed by atoms with E-state index in [0.29, 0.717) is 18.0 Å². The molecule has 0 bridgehead atoms. The summed E-state index contributed by atoms with van der Waals surface area (Å²) in [6, 6.07) is 17.6. The van der Waals surface area contributed by atoms with Crippen molar-refractivity contribution in [2.75, 3.05) is 6.54 Å². The highest BCUT2D eigenvalue weighted by atomic mass is 32.2. The van der Waals surface area contributed by atoms with Gasteiger partial charge >= 0.3 is 0 Å². The van der Waals surface area contributed by atoms with Crippen LogP contribution < -0.4 is 0 Å². The number of rotatable bonds is 3. The van der Waals surface area contributed by atoms with Crippen molar-refractivity contribution in [3.05, 3.63) is 71.2 Å². The summed E-state index contributed by atoms with van der Waals surface area (Å²) in [5, 5.41) is 0.165. The molecule has 1 aromatic heterocycles. The molecule has 1 aliphatic heterocycles. The molecular weight excluding hydrogens is 340 g/mol. The normalized spacial score (nSPS) is 15.2. The van der Waals surface area contributed by atoms with E-state index in [9.17, 15) is 8.42 Å². The Kier molecular flexibility index (Phi) is 3.96. The fourth-order valence-electron chi connectivity index (χ4n) is 3.00. The molecule has 0 unspecified atom stereocenters. The van der Waals surface area contributed by atoms with Crippen molar-refractivity contribution >= 4 is 21.4 Å². The molecule has 2 aromatic carbocycles. The number of aromatic nitrogens is 1. The Morgan fingerprint density at radius 1 is 0.958 bits per heavy atom. The van der Waals surface area contributed by atoms with Crippen LogP contribution in [0.25, 0.3) is 10.4 Å². The average molecular weight is 356 g/mol. The fourth-order valence-corrected chi connectivity index (χ4v) is 5.64. The van der Waals surface area contributed by atoms with Crippen LogP contribution in [0.5, 0.6) is 0 Å². The van der Waals surface area contributed by atoms with Crippen LogP contribution in [-0.4, -0.2) is 24.3 Å². The number of benzene rings is 2. The monoisotopic (exact) mass is 356 g/mol. The van der Waals surface area contributed by atoms with Crippen molar-refractivity contribution in [2.24, 2.45) is 0 Å². The van der Waals surface area contributed by atoms with Crippen molar-refractivity contribution in [2.45, 2.75) is 18.0 Å². The van der Waals surface area contributed by atoms with E-state index in [1.54, 1.807) is 5.51 Å². The minimum absolute atomic E-state index is 0.165. The van der Waals surface area contributed by atoms with Crippen molar-refractivity contribution < 1.29 is 8.42 Å². The molecule has 0 radical (unpaired) electrons. The number of fused-ring (bicyclic) bond motifs is 1. The van der Waals surface area contributed by atoms with Gasteiger partial charge in [-0.25, -0.2) is 13.4 Å². The smallest absolute Gasteiger partial charge is 0.231 e. The first kappa shape index (κ1) is 15.5. The van der Waals surface area contributed by atoms with Gasteiger partial charge in [-0.05, 0) is 23.1 Å². The second-order valence-corrected chi connectivity index (χ2v) is 8.42. The van der Waals surface area contributed by atoms with E-state index in [1.165, 1.54) is 21.2 Å². The highest BCUT2D eigenvalue weighted by molar-refractivity contribution is 7.89. The lowest BCUT2D eigenvalue weighted by Gasteiger charge is -2.27. The minimum atomic E-state index is -3.61. The lowest BCUT2D eigenvalue weighted by molar-refractivity contribution is 0.390. The molecule has 6 heteroatoms. The zero-order valence-corrected chi connectivity index (χ0v) is 14.6. The van der Waals surface area contributed by atoms with Gasteiger partial charge in [-0.2, -0.15) is 4.31 Å². The largest absolute Gasteiger partial charge is 0.262 e. The Balaban J connectivity index is 1.72. The molecular formula is C18H16N2O2S2. The van der Waals surface area contributed by atoms with E-state index in [-0.39, 0.29) is 5.03 Å². The second-order valence-electron chi connectivity index (χ2n) is 5.71. The van der Waals surface area contributed by atoms with Gasteiger partial charge in [0.05, 0.1) is 10.4 Å². The molecule has 122 valence electrons. The van der Waals surface area contributed by atoms with Crippen LogP contribution in [0.3, 0.4) is 0 Å². The van der Waals surface area contributed by atoms with Crippen molar-refractivity contribution in [3.8, 4) is 10.4 Å². The van der Waals surface area contributed by atoms with Gasteiger partial charge in [-0.3, -0.25) is 0 Å². The van der Waals surface area contributed by atoms with Crippen LogP contribution in [0.4, 0.5) is 0 Å². The second kappa shape index (κ2) is 6.12. The third kappa shape index (κ3) is 2.66. The van der Waals surface area contributed by atoms with Crippen molar-refractivity contribution in [3.63, 3.8) is 0 Å². The first-order chi connectivity index (χ1) is 11.7. The van der Waals surface area contributed by atoms with Crippen LogP contribution in [0.15, 0.2) is 65.1 Å². The van der Waals surface area contributed by atoms with Crippen LogP contribution in [0.1, 0.15) is 11.1 Å². The molecule has 0 N–H and O–H groups in total. The van der Waals surface area contributed by atoms with Crippen molar-refractivity contribution in [1.29, 1.82) is 0 Å².